The quantitative estimate of drug-likeness (QED) is 0.638. The molecule has 0 aliphatic carbocycles. The Labute approximate surface area is 93.7 Å². The van der Waals surface area contributed by atoms with E-state index in [0.29, 0.717) is 5.75 Å². The molecule has 0 bridgehead atoms. The van der Waals surface area contributed by atoms with Gasteiger partial charge in [-0.3, -0.25) is 0 Å². The fraction of sp³-hybridized carbons (Fsp3) is 0.500. The maximum absolute atomic E-state index is 9.28. The third-order valence-electron chi connectivity index (χ3n) is 1.68. The molecule has 0 saturated carbocycles. The van der Waals surface area contributed by atoms with Crippen molar-refractivity contribution in [1.82, 2.24) is 4.98 Å². The Morgan fingerprint density at radius 1 is 1.50 bits per heavy atom. The van der Waals surface area contributed by atoms with Crippen LogP contribution in [0.4, 0.5) is 0 Å². The maximum atomic E-state index is 9.28. The minimum atomic E-state index is -0.454. The van der Waals surface area contributed by atoms with E-state index < -0.39 is 6.10 Å². The zero-order valence-electron chi connectivity index (χ0n) is 8.33. The van der Waals surface area contributed by atoms with Gasteiger partial charge in [0.15, 0.2) is 0 Å². The Bertz CT molecular complexity index is 286. The van der Waals surface area contributed by atoms with E-state index in [1.807, 2.05) is 26.0 Å². The van der Waals surface area contributed by atoms with Crippen LogP contribution in [0.15, 0.2) is 17.2 Å². The number of halogens is 1. The fourth-order valence-electron chi connectivity index (χ4n) is 1.10. The summed E-state index contributed by atoms with van der Waals surface area (Å²) in [7, 11) is 0. The number of aryl methyl sites for hydroxylation is 2. The average molecular weight is 232 g/mol. The summed E-state index contributed by atoms with van der Waals surface area (Å²) in [5.74, 6) is 0.872. The summed E-state index contributed by atoms with van der Waals surface area (Å²) in [6.45, 7) is 4.01. The topological polar surface area (TPSA) is 33.1 Å². The van der Waals surface area contributed by atoms with Crippen LogP contribution in [0.25, 0.3) is 0 Å². The smallest absolute Gasteiger partial charge is 0.0966 e. The summed E-state index contributed by atoms with van der Waals surface area (Å²) in [6, 6.07) is 4.04. The summed E-state index contributed by atoms with van der Waals surface area (Å²) in [4.78, 5) is 4.35. The molecule has 0 fully saturated rings. The van der Waals surface area contributed by atoms with Gasteiger partial charge in [0.2, 0.25) is 0 Å². The number of aliphatic hydroxyl groups excluding tert-OH is 1. The Kier molecular flexibility index (Phi) is 4.72. The van der Waals surface area contributed by atoms with E-state index in [4.69, 9.17) is 11.6 Å². The van der Waals surface area contributed by atoms with Gasteiger partial charge in [0.25, 0.3) is 0 Å². The molecule has 0 aromatic carbocycles. The molecule has 14 heavy (non-hydrogen) atoms. The summed E-state index contributed by atoms with van der Waals surface area (Å²) >= 11 is 7.03. The Morgan fingerprint density at radius 2 is 2.21 bits per heavy atom. The van der Waals surface area contributed by atoms with E-state index in [2.05, 4.69) is 4.98 Å². The van der Waals surface area contributed by atoms with Crippen molar-refractivity contribution in [2.45, 2.75) is 25.0 Å². The van der Waals surface area contributed by atoms with Crippen LogP contribution in [0, 0.1) is 13.8 Å². The van der Waals surface area contributed by atoms with E-state index in [0.717, 1.165) is 10.7 Å². The summed E-state index contributed by atoms with van der Waals surface area (Å²) in [5, 5.41) is 10.2. The normalized spacial score (nSPS) is 12.9. The number of pyridine rings is 1. The van der Waals surface area contributed by atoms with Gasteiger partial charge in [-0.1, -0.05) is 0 Å². The van der Waals surface area contributed by atoms with E-state index in [-0.39, 0.29) is 5.88 Å². The molecule has 0 spiro atoms. The maximum Gasteiger partial charge on any atom is 0.0966 e. The molecule has 0 radical (unpaired) electrons. The predicted molar refractivity (Wildman–Crippen MR) is 61.2 cm³/mol. The molecule has 0 saturated heterocycles. The largest absolute Gasteiger partial charge is 0.391 e. The fourth-order valence-corrected chi connectivity index (χ4v) is 2.30. The lowest BCUT2D eigenvalue weighted by Gasteiger charge is -2.06. The Balaban J connectivity index is 2.58. The van der Waals surface area contributed by atoms with Crippen molar-refractivity contribution in [1.29, 1.82) is 0 Å². The van der Waals surface area contributed by atoms with Crippen molar-refractivity contribution in [3.05, 3.63) is 23.4 Å². The number of rotatable bonds is 4. The van der Waals surface area contributed by atoms with E-state index >= 15 is 0 Å². The van der Waals surface area contributed by atoms with Gasteiger partial charge in [-0.25, -0.2) is 4.98 Å². The van der Waals surface area contributed by atoms with Crippen LogP contribution >= 0.6 is 23.4 Å². The third kappa shape index (κ3) is 3.86. The first-order valence-corrected chi connectivity index (χ1v) is 5.96. The first kappa shape index (κ1) is 11.8. The average Bonchev–Trinajstić information content (AvgIpc) is 2.12. The standard InChI is InChI=1S/C10H14ClNOS/c1-7-3-8(2)12-10(4-7)14-6-9(13)5-11/h3-4,9,13H,5-6H2,1-2H3. The highest BCUT2D eigenvalue weighted by Gasteiger charge is 2.04. The minimum absolute atomic E-state index is 0.276. The second kappa shape index (κ2) is 5.59. The van der Waals surface area contributed by atoms with E-state index in [9.17, 15) is 5.11 Å². The van der Waals surface area contributed by atoms with Gasteiger partial charge in [-0.05, 0) is 31.5 Å². The molecule has 0 aliphatic heterocycles. The van der Waals surface area contributed by atoms with Crippen molar-refractivity contribution >= 4 is 23.4 Å². The lowest BCUT2D eigenvalue weighted by Crippen LogP contribution is -2.11. The molecule has 0 aliphatic rings. The van der Waals surface area contributed by atoms with Crippen LogP contribution in [0.2, 0.25) is 0 Å². The molecular weight excluding hydrogens is 218 g/mol. The van der Waals surface area contributed by atoms with Crippen LogP contribution in [0.5, 0.6) is 0 Å². The number of nitrogens with zero attached hydrogens (tertiary/aromatic N) is 1. The minimum Gasteiger partial charge on any atom is -0.391 e. The molecule has 0 amide bonds. The van der Waals surface area contributed by atoms with Gasteiger partial charge in [-0.2, -0.15) is 0 Å². The zero-order valence-corrected chi connectivity index (χ0v) is 9.90. The zero-order chi connectivity index (χ0) is 10.6. The van der Waals surface area contributed by atoms with Gasteiger partial charge in [0, 0.05) is 17.3 Å². The molecule has 1 aromatic rings. The van der Waals surface area contributed by atoms with Gasteiger partial charge < -0.3 is 5.11 Å². The van der Waals surface area contributed by atoms with Crippen molar-refractivity contribution in [2.75, 3.05) is 11.6 Å². The van der Waals surface area contributed by atoms with E-state index in [1.54, 1.807) is 0 Å². The van der Waals surface area contributed by atoms with Crippen LogP contribution < -0.4 is 0 Å². The molecule has 4 heteroatoms. The number of alkyl halides is 1. The first-order chi connectivity index (χ1) is 6.61. The highest BCUT2D eigenvalue weighted by Crippen LogP contribution is 2.18. The van der Waals surface area contributed by atoms with Gasteiger partial charge in [0.1, 0.15) is 0 Å². The van der Waals surface area contributed by atoms with Crippen LogP contribution in [0.3, 0.4) is 0 Å². The first-order valence-electron chi connectivity index (χ1n) is 4.44. The monoisotopic (exact) mass is 231 g/mol. The van der Waals surface area contributed by atoms with Crippen molar-refractivity contribution in [2.24, 2.45) is 0 Å². The summed E-state index contributed by atoms with van der Waals surface area (Å²) in [6.07, 6.45) is -0.454. The van der Waals surface area contributed by atoms with Gasteiger partial charge >= 0.3 is 0 Å². The van der Waals surface area contributed by atoms with Crippen LogP contribution in [0.1, 0.15) is 11.3 Å². The second-order valence-corrected chi connectivity index (χ2v) is 4.59. The molecule has 78 valence electrons. The van der Waals surface area contributed by atoms with Gasteiger partial charge in [-0.15, -0.1) is 23.4 Å². The molecule has 1 N–H and O–H groups in total. The Hall–Kier alpha value is -0.250. The number of aliphatic hydroxyl groups is 1. The lowest BCUT2D eigenvalue weighted by atomic mass is 10.3. The molecular formula is C10H14ClNOS. The summed E-state index contributed by atoms with van der Waals surface area (Å²) < 4.78 is 0. The second-order valence-electron chi connectivity index (χ2n) is 3.24. The van der Waals surface area contributed by atoms with Crippen LogP contribution in [-0.2, 0) is 0 Å². The highest BCUT2D eigenvalue weighted by atomic mass is 35.5. The third-order valence-corrected chi connectivity index (χ3v) is 3.09. The highest BCUT2D eigenvalue weighted by molar-refractivity contribution is 7.99. The predicted octanol–water partition coefficient (Wildman–Crippen LogP) is 2.39. The molecule has 1 atom stereocenters. The number of aromatic nitrogens is 1. The van der Waals surface area contributed by atoms with Gasteiger partial charge in [0.05, 0.1) is 11.1 Å². The molecule has 1 aromatic heterocycles. The van der Waals surface area contributed by atoms with Crippen molar-refractivity contribution in [3.8, 4) is 0 Å². The molecule has 1 unspecified atom stereocenters. The van der Waals surface area contributed by atoms with E-state index in [1.165, 1.54) is 17.3 Å². The number of thioether (sulfide) groups is 1. The number of hydrogen-bond acceptors (Lipinski definition) is 3. The lowest BCUT2D eigenvalue weighted by molar-refractivity contribution is 0.223. The molecule has 1 heterocycles. The Morgan fingerprint density at radius 3 is 2.79 bits per heavy atom. The summed E-state index contributed by atoms with van der Waals surface area (Å²) in [5.41, 5.74) is 2.20. The number of hydrogen-bond donors (Lipinski definition) is 1. The molecule has 1 rings (SSSR count). The van der Waals surface area contributed by atoms with Crippen molar-refractivity contribution < 1.29 is 5.11 Å². The molecule has 2 nitrogen and oxygen atoms in total. The van der Waals surface area contributed by atoms with Crippen LogP contribution in [-0.4, -0.2) is 27.8 Å². The SMILES string of the molecule is Cc1cc(C)nc(SCC(O)CCl)c1. The van der Waals surface area contributed by atoms with Crippen molar-refractivity contribution in [3.63, 3.8) is 0 Å².